The monoisotopic (exact) mass is 346 g/mol. The van der Waals surface area contributed by atoms with E-state index in [2.05, 4.69) is 27.1 Å². The molecule has 1 fully saturated rings. The molecule has 24 heavy (non-hydrogen) atoms. The van der Waals surface area contributed by atoms with E-state index in [0.29, 0.717) is 11.0 Å². The number of benzene rings is 1. The van der Waals surface area contributed by atoms with Crippen molar-refractivity contribution in [3.05, 3.63) is 41.0 Å². The summed E-state index contributed by atoms with van der Waals surface area (Å²) in [5.74, 6) is 1.45. The van der Waals surface area contributed by atoms with Crippen molar-refractivity contribution in [2.24, 2.45) is 0 Å². The summed E-state index contributed by atoms with van der Waals surface area (Å²) >= 11 is 6.05. The highest BCUT2D eigenvalue weighted by atomic mass is 35.5. The summed E-state index contributed by atoms with van der Waals surface area (Å²) in [7, 11) is 0. The second-order valence-electron chi connectivity index (χ2n) is 6.10. The van der Waals surface area contributed by atoms with Gasteiger partial charge < -0.3 is 15.3 Å². The minimum absolute atomic E-state index is 0.147. The van der Waals surface area contributed by atoms with E-state index < -0.39 is 0 Å². The summed E-state index contributed by atoms with van der Waals surface area (Å²) in [6.07, 6.45) is 4.00. The Morgan fingerprint density at radius 1 is 1.33 bits per heavy atom. The molecule has 5 nitrogen and oxygen atoms in total. The van der Waals surface area contributed by atoms with Crippen molar-refractivity contribution in [1.29, 1.82) is 0 Å². The summed E-state index contributed by atoms with van der Waals surface area (Å²) < 4.78 is 0. The van der Waals surface area contributed by atoms with Crippen LogP contribution in [-0.4, -0.2) is 34.3 Å². The van der Waals surface area contributed by atoms with Gasteiger partial charge in [0, 0.05) is 29.0 Å². The lowest BCUT2D eigenvalue weighted by Crippen LogP contribution is -2.33. The Bertz CT molecular complexity index is 694. The molecule has 2 heterocycles. The fourth-order valence-corrected chi connectivity index (χ4v) is 3.28. The van der Waals surface area contributed by atoms with E-state index in [9.17, 15) is 5.11 Å². The number of aryl methyl sites for hydroxylation is 1. The summed E-state index contributed by atoms with van der Waals surface area (Å²) in [4.78, 5) is 11.5. The number of nitrogens with zero attached hydrogens (tertiary/aromatic N) is 3. The molecule has 1 atom stereocenters. The van der Waals surface area contributed by atoms with Crippen LogP contribution in [0.25, 0.3) is 0 Å². The van der Waals surface area contributed by atoms with Crippen LogP contribution in [0.3, 0.4) is 0 Å². The van der Waals surface area contributed by atoms with Crippen LogP contribution in [0.4, 0.5) is 17.5 Å². The standard InChI is InChI=1S/C18H23ClN4O/c1-2-5-14-11-17(23-9-4-8-16(23)12-24)22-18(20-14)21-15-7-3-6-13(19)10-15/h3,6-7,10-11,16,24H,2,4-5,8-9,12H2,1H3,(H,20,21,22). The van der Waals surface area contributed by atoms with E-state index in [-0.39, 0.29) is 12.6 Å². The van der Waals surface area contributed by atoms with E-state index in [0.717, 1.165) is 49.4 Å². The molecule has 128 valence electrons. The minimum atomic E-state index is 0.147. The number of hydrogen-bond donors (Lipinski definition) is 2. The van der Waals surface area contributed by atoms with Gasteiger partial charge in [-0.3, -0.25) is 0 Å². The normalized spacial score (nSPS) is 17.3. The number of nitrogens with one attached hydrogen (secondary N) is 1. The average Bonchev–Trinajstić information content (AvgIpc) is 3.03. The van der Waals surface area contributed by atoms with Gasteiger partial charge in [-0.1, -0.05) is 31.0 Å². The molecule has 1 aliphatic rings. The summed E-state index contributed by atoms with van der Waals surface area (Å²) in [5, 5.41) is 13.5. The van der Waals surface area contributed by atoms with Gasteiger partial charge in [0.05, 0.1) is 12.6 Å². The maximum absolute atomic E-state index is 9.59. The predicted octanol–water partition coefficient (Wildman–Crippen LogP) is 3.79. The maximum Gasteiger partial charge on any atom is 0.229 e. The van der Waals surface area contributed by atoms with Crippen LogP contribution in [0.15, 0.2) is 30.3 Å². The quantitative estimate of drug-likeness (QED) is 0.833. The number of halogens is 1. The lowest BCUT2D eigenvalue weighted by molar-refractivity contribution is 0.266. The molecule has 1 aliphatic heterocycles. The highest BCUT2D eigenvalue weighted by molar-refractivity contribution is 6.30. The Kier molecular flexibility index (Phi) is 5.53. The van der Waals surface area contributed by atoms with E-state index >= 15 is 0 Å². The van der Waals surface area contributed by atoms with Crippen molar-refractivity contribution >= 4 is 29.1 Å². The van der Waals surface area contributed by atoms with Crippen molar-refractivity contribution in [1.82, 2.24) is 9.97 Å². The Morgan fingerprint density at radius 2 is 2.21 bits per heavy atom. The van der Waals surface area contributed by atoms with Crippen LogP contribution in [0.5, 0.6) is 0 Å². The lowest BCUT2D eigenvalue weighted by atomic mass is 10.2. The Hall–Kier alpha value is -1.85. The summed E-state index contributed by atoms with van der Waals surface area (Å²) in [6, 6.07) is 9.71. The highest BCUT2D eigenvalue weighted by Crippen LogP contribution is 2.26. The molecule has 0 spiro atoms. The smallest absolute Gasteiger partial charge is 0.229 e. The third-order valence-electron chi connectivity index (χ3n) is 4.23. The van der Waals surface area contributed by atoms with Crippen molar-refractivity contribution in [3.63, 3.8) is 0 Å². The second kappa shape index (κ2) is 7.81. The topological polar surface area (TPSA) is 61.3 Å². The third-order valence-corrected chi connectivity index (χ3v) is 4.47. The molecule has 2 N–H and O–H groups in total. The molecular weight excluding hydrogens is 324 g/mol. The first-order valence-electron chi connectivity index (χ1n) is 8.47. The fourth-order valence-electron chi connectivity index (χ4n) is 3.09. The fraction of sp³-hybridized carbons (Fsp3) is 0.444. The van der Waals surface area contributed by atoms with Crippen LogP contribution >= 0.6 is 11.6 Å². The van der Waals surface area contributed by atoms with Gasteiger partial charge in [-0.15, -0.1) is 0 Å². The molecule has 0 aliphatic carbocycles. The number of aliphatic hydroxyl groups is 1. The Labute approximate surface area is 147 Å². The van der Waals surface area contributed by atoms with E-state index in [4.69, 9.17) is 11.6 Å². The predicted molar refractivity (Wildman–Crippen MR) is 98.2 cm³/mol. The zero-order valence-corrected chi connectivity index (χ0v) is 14.6. The number of rotatable bonds is 6. The van der Waals surface area contributed by atoms with Crippen molar-refractivity contribution < 1.29 is 5.11 Å². The van der Waals surface area contributed by atoms with Crippen molar-refractivity contribution in [2.75, 3.05) is 23.4 Å². The van der Waals surface area contributed by atoms with E-state index in [1.54, 1.807) is 0 Å². The molecule has 1 aromatic heterocycles. The molecular formula is C18H23ClN4O. The summed E-state index contributed by atoms with van der Waals surface area (Å²) in [5.41, 5.74) is 1.87. The lowest BCUT2D eigenvalue weighted by Gasteiger charge is -2.25. The third kappa shape index (κ3) is 3.97. The number of hydrogen-bond acceptors (Lipinski definition) is 5. The maximum atomic E-state index is 9.59. The van der Waals surface area contributed by atoms with Crippen LogP contribution in [0.1, 0.15) is 31.9 Å². The first kappa shape index (κ1) is 17.0. The van der Waals surface area contributed by atoms with Gasteiger partial charge in [0.1, 0.15) is 5.82 Å². The Balaban J connectivity index is 1.90. The largest absolute Gasteiger partial charge is 0.394 e. The molecule has 1 aromatic carbocycles. The van der Waals surface area contributed by atoms with E-state index in [1.165, 1.54) is 0 Å². The zero-order chi connectivity index (χ0) is 16.9. The van der Waals surface area contributed by atoms with Crippen LogP contribution in [0.2, 0.25) is 5.02 Å². The number of aromatic nitrogens is 2. The van der Waals surface area contributed by atoms with Crippen LogP contribution < -0.4 is 10.2 Å². The van der Waals surface area contributed by atoms with Crippen LogP contribution in [-0.2, 0) is 6.42 Å². The number of aliphatic hydroxyl groups excluding tert-OH is 1. The molecule has 0 amide bonds. The van der Waals surface area contributed by atoms with Gasteiger partial charge in [0.25, 0.3) is 0 Å². The van der Waals surface area contributed by atoms with E-state index in [1.807, 2.05) is 30.3 Å². The van der Waals surface area contributed by atoms with Gasteiger partial charge in [-0.05, 0) is 37.5 Å². The zero-order valence-electron chi connectivity index (χ0n) is 13.9. The summed E-state index contributed by atoms with van der Waals surface area (Å²) in [6.45, 7) is 3.22. The van der Waals surface area contributed by atoms with Gasteiger partial charge in [0.15, 0.2) is 0 Å². The average molecular weight is 347 g/mol. The molecule has 2 aromatic rings. The van der Waals surface area contributed by atoms with Crippen molar-refractivity contribution in [2.45, 2.75) is 38.6 Å². The number of anilines is 3. The molecule has 1 saturated heterocycles. The van der Waals surface area contributed by atoms with Gasteiger partial charge in [0.2, 0.25) is 5.95 Å². The molecule has 3 rings (SSSR count). The van der Waals surface area contributed by atoms with Crippen molar-refractivity contribution in [3.8, 4) is 0 Å². The first-order chi connectivity index (χ1) is 11.7. The molecule has 0 radical (unpaired) electrons. The van der Waals surface area contributed by atoms with Gasteiger partial charge >= 0.3 is 0 Å². The minimum Gasteiger partial charge on any atom is -0.394 e. The van der Waals surface area contributed by atoms with Gasteiger partial charge in [-0.25, -0.2) is 4.98 Å². The molecule has 0 saturated carbocycles. The first-order valence-corrected chi connectivity index (χ1v) is 8.85. The van der Waals surface area contributed by atoms with Gasteiger partial charge in [-0.2, -0.15) is 4.98 Å². The molecule has 0 bridgehead atoms. The Morgan fingerprint density at radius 3 is 2.96 bits per heavy atom. The van der Waals surface area contributed by atoms with Crippen LogP contribution in [0, 0.1) is 0 Å². The highest BCUT2D eigenvalue weighted by Gasteiger charge is 2.25. The molecule has 6 heteroatoms. The molecule has 1 unspecified atom stereocenters. The second-order valence-corrected chi connectivity index (χ2v) is 6.53. The SMILES string of the molecule is CCCc1cc(N2CCCC2CO)nc(Nc2cccc(Cl)c2)n1.